The van der Waals surface area contributed by atoms with Gasteiger partial charge in [-0.25, -0.2) is 4.39 Å². The number of aromatic nitrogens is 1. The monoisotopic (exact) mass is 299 g/mol. The van der Waals surface area contributed by atoms with Crippen molar-refractivity contribution in [3.8, 4) is 0 Å². The third-order valence-electron chi connectivity index (χ3n) is 3.57. The van der Waals surface area contributed by atoms with Crippen LogP contribution in [0, 0.1) is 11.7 Å². The van der Waals surface area contributed by atoms with Gasteiger partial charge in [0.15, 0.2) is 0 Å². The van der Waals surface area contributed by atoms with Gasteiger partial charge < -0.3 is 10.2 Å². The zero-order chi connectivity index (χ0) is 15.5. The minimum atomic E-state index is -0.507. The molecule has 1 aliphatic heterocycles. The number of hydrogen-bond donors (Lipinski definition) is 1. The molecule has 0 bridgehead atoms. The number of anilines is 2. The summed E-state index contributed by atoms with van der Waals surface area (Å²) in [4.78, 5) is 29.5. The van der Waals surface area contributed by atoms with Crippen LogP contribution >= 0.6 is 0 Å². The van der Waals surface area contributed by atoms with Gasteiger partial charge in [0, 0.05) is 19.2 Å². The maximum absolute atomic E-state index is 13.8. The number of nitrogens with one attached hydrogen (secondary N) is 1. The van der Waals surface area contributed by atoms with E-state index in [1.54, 1.807) is 30.5 Å². The molecule has 0 spiro atoms. The van der Waals surface area contributed by atoms with Crippen LogP contribution in [0.15, 0.2) is 48.8 Å². The summed E-state index contributed by atoms with van der Waals surface area (Å²) in [7, 11) is 0. The number of carbonyl (C=O) groups is 2. The highest BCUT2D eigenvalue weighted by atomic mass is 19.1. The largest absolute Gasteiger partial charge is 0.324 e. The Morgan fingerprint density at radius 1 is 1.27 bits per heavy atom. The van der Waals surface area contributed by atoms with Crippen molar-refractivity contribution in [3.63, 3.8) is 0 Å². The maximum atomic E-state index is 13.8. The summed E-state index contributed by atoms with van der Waals surface area (Å²) >= 11 is 0. The van der Waals surface area contributed by atoms with E-state index in [4.69, 9.17) is 0 Å². The summed E-state index contributed by atoms with van der Waals surface area (Å²) in [6.07, 6.45) is 3.21. The summed E-state index contributed by atoms with van der Waals surface area (Å²) in [5.74, 6) is -1.49. The van der Waals surface area contributed by atoms with Gasteiger partial charge in [0.1, 0.15) is 5.82 Å². The Morgan fingerprint density at radius 2 is 2.09 bits per heavy atom. The molecule has 1 atom stereocenters. The number of nitrogens with zero attached hydrogens (tertiary/aromatic N) is 2. The quantitative estimate of drug-likeness (QED) is 0.945. The van der Waals surface area contributed by atoms with Crippen LogP contribution in [0.5, 0.6) is 0 Å². The summed E-state index contributed by atoms with van der Waals surface area (Å²) in [5, 5.41) is 2.72. The van der Waals surface area contributed by atoms with E-state index in [2.05, 4.69) is 10.3 Å². The van der Waals surface area contributed by atoms with Crippen molar-refractivity contribution in [2.45, 2.75) is 6.42 Å². The van der Waals surface area contributed by atoms with E-state index in [1.807, 2.05) is 0 Å². The molecule has 5 nitrogen and oxygen atoms in total. The van der Waals surface area contributed by atoms with Crippen LogP contribution in [-0.2, 0) is 9.59 Å². The minimum Gasteiger partial charge on any atom is -0.324 e. The van der Waals surface area contributed by atoms with Crippen molar-refractivity contribution >= 4 is 23.2 Å². The molecule has 3 rings (SSSR count). The Hall–Kier alpha value is -2.76. The second kappa shape index (κ2) is 5.93. The highest BCUT2D eigenvalue weighted by molar-refractivity contribution is 6.03. The average molecular weight is 299 g/mol. The first kappa shape index (κ1) is 14.2. The van der Waals surface area contributed by atoms with Crippen molar-refractivity contribution in [1.29, 1.82) is 0 Å². The van der Waals surface area contributed by atoms with Crippen molar-refractivity contribution in [2.24, 2.45) is 5.92 Å². The first-order chi connectivity index (χ1) is 10.6. The van der Waals surface area contributed by atoms with Crippen molar-refractivity contribution in [3.05, 3.63) is 54.6 Å². The van der Waals surface area contributed by atoms with Crippen LogP contribution in [0.2, 0.25) is 0 Å². The molecule has 6 heteroatoms. The highest BCUT2D eigenvalue weighted by Gasteiger charge is 2.36. The fourth-order valence-electron chi connectivity index (χ4n) is 2.47. The lowest BCUT2D eigenvalue weighted by atomic mass is 10.1. The van der Waals surface area contributed by atoms with Crippen molar-refractivity contribution < 1.29 is 14.0 Å². The normalized spacial score (nSPS) is 17.6. The number of halogens is 1. The molecule has 22 heavy (non-hydrogen) atoms. The molecule has 1 aliphatic rings. The Kier molecular flexibility index (Phi) is 3.82. The minimum absolute atomic E-state index is 0.0699. The van der Waals surface area contributed by atoms with Gasteiger partial charge in [0.2, 0.25) is 11.8 Å². The Bertz CT molecular complexity index is 706. The zero-order valence-electron chi connectivity index (χ0n) is 11.7. The lowest BCUT2D eigenvalue weighted by molar-refractivity contribution is -0.122. The van der Waals surface area contributed by atoms with E-state index in [-0.39, 0.29) is 30.5 Å². The number of rotatable bonds is 3. The van der Waals surface area contributed by atoms with Crippen molar-refractivity contribution in [2.75, 3.05) is 16.8 Å². The number of carbonyl (C=O) groups excluding carboxylic acids is 2. The van der Waals surface area contributed by atoms with Gasteiger partial charge in [-0.05, 0) is 24.3 Å². The van der Waals surface area contributed by atoms with Gasteiger partial charge in [-0.15, -0.1) is 0 Å². The molecule has 2 amide bonds. The van der Waals surface area contributed by atoms with E-state index in [0.29, 0.717) is 5.69 Å². The maximum Gasteiger partial charge on any atom is 0.229 e. The molecule has 1 saturated heterocycles. The summed E-state index contributed by atoms with van der Waals surface area (Å²) in [5.41, 5.74) is 0.786. The van der Waals surface area contributed by atoms with Gasteiger partial charge in [-0.1, -0.05) is 12.1 Å². The molecule has 1 fully saturated rings. The second-order valence-electron chi connectivity index (χ2n) is 5.09. The van der Waals surface area contributed by atoms with Crippen LogP contribution in [0.3, 0.4) is 0 Å². The third kappa shape index (κ3) is 2.81. The third-order valence-corrected chi connectivity index (χ3v) is 3.57. The number of pyridine rings is 1. The number of benzene rings is 1. The van der Waals surface area contributed by atoms with Gasteiger partial charge in [-0.2, -0.15) is 0 Å². The number of hydrogen-bond acceptors (Lipinski definition) is 3. The SMILES string of the molecule is O=C(Nc1cccnc1)[C@H]1CC(=O)N(c2ccccc2F)C1. The molecule has 1 aromatic heterocycles. The van der Waals surface area contributed by atoms with E-state index in [0.717, 1.165) is 0 Å². The predicted molar refractivity (Wildman–Crippen MR) is 79.7 cm³/mol. The van der Waals surface area contributed by atoms with E-state index < -0.39 is 11.7 Å². The van der Waals surface area contributed by atoms with E-state index in [9.17, 15) is 14.0 Å². The summed E-state index contributed by atoms with van der Waals surface area (Å²) < 4.78 is 13.8. The zero-order valence-corrected chi connectivity index (χ0v) is 11.7. The van der Waals surface area contributed by atoms with Crippen LogP contribution < -0.4 is 10.2 Å². The molecular weight excluding hydrogens is 285 g/mol. The lowest BCUT2D eigenvalue weighted by Crippen LogP contribution is -2.28. The van der Waals surface area contributed by atoms with E-state index >= 15 is 0 Å². The Labute approximate surface area is 126 Å². The first-order valence-electron chi connectivity index (χ1n) is 6.91. The molecule has 1 N–H and O–H groups in total. The molecule has 2 heterocycles. The van der Waals surface area contributed by atoms with Crippen LogP contribution in [0.25, 0.3) is 0 Å². The lowest BCUT2D eigenvalue weighted by Gasteiger charge is -2.17. The van der Waals surface area contributed by atoms with Gasteiger partial charge >= 0.3 is 0 Å². The average Bonchev–Trinajstić information content (AvgIpc) is 2.91. The topological polar surface area (TPSA) is 62.3 Å². The Morgan fingerprint density at radius 3 is 2.82 bits per heavy atom. The van der Waals surface area contributed by atoms with E-state index in [1.165, 1.54) is 23.2 Å². The Balaban J connectivity index is 1.72. The van der Waals surface area contributed by atoms with Gasteiger partial charge in [0.25, 0.3) is 0 Å². The summed E-state index contributed by atoms with van der Waals surface area (Å²) in [6.45, 7) is 0.172. The van der Waals surface area contributed by atoms with Crippen LogP contribution in [0.1, 0.15) is 6.42 Å². The molecule has 0 saturated carbocycles. The molecule has 1 aromatic carbocycles. The smallest absolute Gasteiger partial charge is 0.229 e. The molecular formula is C16H14FN3O2. The molecule has 112 valence electrons. The van der Waals surface area contributed by atoms with Gasteiger partial charge in [-0.3, -0.25) is 14.6 Å². The fourth-order valence-corrected chi connectivity index (χ4v) is 2.47. The second-order valence-corrected chi connectivity index (χ2v) is 5.09. The molecule has 0 aliphatic carbocycles. The van der Waals surface area contributed by atoms with Crippen LogP contribution in [0.4, 0.5) is 15.8 Å². The summed E-state index contributed by atoms with van der Waals surface area (Å²) in [6, 6.07) is 9.48. The molecule has 0 radical (unpaired) electrons. The number of para-hydroxylation sites is 1. The molecule has 0 unspecified atom stereocenters. The predicted octanol–water partition coefficient (Wildman–Crippen LogP) is 2.21. The first-order valence-corrected chi connectivity index (χ1v) is 6.91. The standard InChI is InChI=1S/C16H14FN3O2/c17-13-5-1-2-6-14(13)20-10-11(8-15(20)21)16(22)19-12-4-3-7-18-9-12/h1-7,9,11H,8,10H2,(H,19,22)/t11-/m0/s1. The number of amides is 2. The molecule has 2 aromatic rings. The van der Waals surface area contributed by atoms with Crippen molar-refractivity contribution in [1.82, 2.24) is 4.98 Å². The highest BCUT2D eigenvalue weighted by Crippen LogP contribution is 2.27. The van der Waals surface area contributed by atoms with Crippen LogP contribution in [-0.4, -0.2) is 23.3 Å². The fraction of sp³-hybridized carbons (Fsp3) is 0.188. The van der Waals surface area contributed by atoms with Gasteiger partial charge in [0.05, 0.1) is 23.5 Å².